The van der Waals surface area contributed by atoms with Crippen molar-refractivity contribution in [2.45, 2.75) is 5.16 Å². The average Bonchev–Trinajstić information content (AvgIpc) is 3.08. The number of carbonyl (C=O) groups excluding carboxylic acids is 2. The second kappa shape index (κ2) is 8.90. The lowest BCUT2D eigenvalue weighted by molar-refractivity contribution is -0.113. The summed E-state index contributed by atoms with van der Waals surface area (Å²) >= 11 is 7.25. The Morgan fingerprint density at radius 3 is 2.64 bits per heavy atom. The minimum absolute atomic E-state index is 0.136. The lowest BCUT2D eigenvalue weighted by Crippen LogP contribution is -2.15. The maximum Gasteiger partial charge on any atom is 0.339 e. The summed E-state index contributed by atoms with van der Waals surface area (Å²) in [5.41, 5.74) is 1.60. The van der Waals surface area contributed by atoms with Crippen molar-refractivity contribution in [2.75, 3.05) is 18.2 Å². The Morgan fingerprint density at radius 2 is 1.93 bits per heavy atom. The summed E-state index contributed by atoms with van der Waals surface area (Å²) in [6.07, 6.45) is 0. The monoisotopic (exact) mass is 416 g/mol. The number of halogens is 1. The highest BCUT2D eigenvalue weighted by molar-refractivity contribution is 7.99. The largest absolute Gasteiger partial charge is 0.465 e. The van der Waals surface area contributed by atoms with Gasteiger partial charge in [-0.2, -0.15) is 0 Å². The maximum atomic E-state index is 12.3. The Hall–Kier alpha value is -2.84. The highest BCUT2D eigenvalue weighted by Gasteiger charge is 2.15. The van der Waals surface area contributed by atoms with Gasteiger partial charge in [-0.3, -0.25) is 4.79 Å². The van der Waals surface area contributed by atoms with Gasteiger partial charge >= 0.3 is 5.97 Å². The Balaban J connectivity index is 1.64. The second-order valence-electron chi connectivity index (χ2n) is 5.75. The first kappa shape index (κ1) is 19.9. The van der Waals surface area contributed by atoms with E-state index in [9.17, 15) is 9.59 Å². The molecule has 2 aromatic carbocycles. The summed E-state index contributed by atoms with van der Waals surface area (Å²) < 4.78 is 6.51. The molecule has 0 fully saturated rings. The van der Waals surface area contributed by atoms with Crippen LogP contribution in [0.3, 0.4) is 0 Å². The topological polar surface area (TPSA) is 86.1 Å². The lowest BCUT2D eigenvalue weighted by atomic mass is 10.2. The molecule has 3 rings (SSSR count). The number of benzene rings is 2. The van der Waals surface area contributed by atoms with Crippen LogP contribution < -0.4 is 5.32 Å². The van der Waals surface area contributed by atoms with Crippen LogP contribution >= 0.6 is 23.4 Å². The van der Waals surface area contributed by atoms with Crippen LogP contribution in [0.2, 0.25) is 5.02 Å². The van der Waals surface area contributed by atoms with E-state index in [-0.39, 0.29) is 22.2 Å². The van der Waals surface area contributed by atoms with E-state index in [1.807, 2.05) is 41.9 Å². The molecule has 1 amide bonds. The minimum atomic E-state index is -0.567. The third kappa shape index (κ3) is 4.52. The molecule has 9 heteroatoms. The van der Waals surface area contributed by atoms with Gasteiger partial charge in [0.15, 0.2) is 11.0 Å². The molecule has 3 aromatic rings. The molecule has 0 bridgehead atoms. The van der Waals surface area contributed by atoms with Gasteiger partial charge in [-0.1, -0.05) is 53.7 Å². The predicted molar refractivity (Wildman–Crippen MR) is 109 cm³/mol. The normalized spacial score (nSPS) is 10.5. The molecule has 0 unspecified atom stereocenters. The van der Waals surface area contributed by atoms with Gasteiger partial charge in [-0.05, 0) is 18.2 Å². The summed E-state index contributed by atoms with van der Waals surface area (Å²) in [6, 6.07) is 14.3. The van der Waals surface area contributed by atoms with Gasteiger partial charge in [0.1, 0.15) is 0 Å². The van der Waals surface area contributed by atoms with E-state index in [1.165, 1.54) is 31.0 Å². The van der Waals surface area contributed by atoms with Crippen LogP contribution in [0, 0.1) is 0 Å². The molecule has 0 atom stereocenters. The number of anilines is 1. The van der Waals surface area contributed by atoms with Gasteiger partial charge < -0.3 is 14.6 Å². The molecule has 1 N–H and O–H groups in total. The lowest BCUT2D eigenvalue weighted by Gasteiger charge is -2.08. The SMILES string of the molecule is COC(=O)c1cc(NC(=O)CSc2nnc(-c3ccccc3)n2C)ccc1Cl. The Labute approximate surface area is 171 Å². The number of carbonyl (C=O) groups is 2. The van der Waals surface area contributed by atoms with Crippen molar-refractivity contribution >= 4 is 40.9 Å². The van der Waals surface area contributed by atoms with Gasteiger partial charge in [0.05, 0.1) is 23.4 Å². The molecule has 0 saturated heterocycles. The van der Waals surface area contributed by atoms with Crippen molar-refractivity contribution in [2.24, 2.45) is 7.05 Å². The molecule has 0 radical (unpaired) electrons. The Morgan fingerprint density at radius 1 is 1.18 bits per heavy atom. The number of aromatic nitrogens is 3. The standard InChI is InChI=1S/C19H17ClN4O3S/c1-24-17(12-6-4-3-5-7-12)22-23-19(24)28-11-16(25)21-13-8-9-15(20)14(10-13)18(26)27-2/h3-10H,11H2,1-2H3,(H,21,25). The number of nitrogens with one attached hydrogen (secondary N) is 1. The van der Waals surface area contributed by atoms with E-state index >= 15 is 0 Å². The third-order valence-electron chi connectivity index (χ3n) is 3.85. The Kier molecular flexibility index (Phi) is 6.33. The maximum absolute atomic E-state index is 12.3. The molecule has 0 spiro atoms. The quantitative estimate of drug-likeness (QED) is 0.487. The number of thioether (sulfide) groups is 1. The molecule has 0 aliphatic carbocycles. The molecule has 28 heavy (non-hydrogen) atoms. The molecular weight excluding hydrogens is 400 g/mol. The molecule has 0 aliphatic heterocycles. The first-order valence-corrected chi connectivity index (χ1v) is 9.61. The third-order valence-corrected chi connectivity index (χ3v) is 5.20. The number of methoxy groups -OCH3 is 1. The zero-order valence-electron chi connectivity index (χ0n) is 15.2. The molecular formula is C19H17ClN4O3S. The first-order valence-electron chi connectivity index (χ1n) is 8.25. The fourth-order valence-electron chi connectivity index (χ4n) is 2.48. The number of amides is 1. The highest BCUT2D eigenvalue weighted by Crippen LogP contribution is 2.24. The summed E-state index contributed by atoms with van der Waals surface area (Å²) in [5.74, 6) is 0.0519. The van der Waals surface area contributed by atoms with Gasteiger partial charge in [-0.15, -0.1) is 10.2 Å². The van der Waals surface area contributed by atoms with Crippen LogP contribution in [0.4, 0.5) is 5.69 Å². The van der Waals surface area contributed by atoms with Crippen molar-refractivity contribution in [3.05, 3.63) is 59.1 Å². The number of ether oxygens (including phenoxy) is 1. The summed E-state index contributed by atoms with van der Waals surface area (Å²) in [4.78, 5) is 24.0. The summed E-state index contributed by atoms with van der Waals surface area (Å²) in [7, 11) is 3.12. The van der Waals surface area contributed by atoms with Gasteiger partial charge in [0.2, 0.25) is 5.91 Å². The zero-order chi connectivity index (χ0) is 20.1. The number of nitrogens with zero attached hydrogens (tertiary/aromatic N) is 3. The molecule has 7 nitrogen and oxygen atoms in total. The van der Waals surface area contributed by atoms with E-state index < -0.39 is 5.97 Å². The van der Waals surface area contributed by atoms with E-state index in [4.69, 9.17) is 11.6 Å². The van der Waals surface area contributed by atoms with E-state index in [0.717, 1.165) is 11.4 Å². The van der Waals surface area contributed by atoms with Crippen molar-refractivity contribution in [3.63, 3.8) is 0 Å². The smallest absolute Gasteiger partial charge is 0.339 e. The number of esters is 1. The predicted octanol–water partition coefficient (Wildman–Crippen LogP) is 3.65. The van der Waals surface area contributed by atoms with E-state index in [1.54, 1.807) is 6.07 Å². The fraction of sp³-hybridized carbons (Fsp3) is 0.158. The fourth-order valence-corrected chi connectivity index (χ4v) is 3.38. The van der Waals surface area contributed by atoms with Crippen LogP contribution in [0.25, 0.3) is 11.4 Å². The number of hydrogen-bond acceptors (Lipinski definition) is 6. The van der Waals surface area contributed by atoms with Gasteiger partial charge in [0, 0.05) is 18.3 Å². The van der Waals surface area contributed by atoms with Crippen LogP contribution in [0.1, 0.15) is 10.4 Å². The minimum Gasteiger partial charge on any atom is -0.465 e. The summed E-state index contributed by atoms with van der Waals surface area (Å²) in [6.45, 7) is 0. The number of hydrogen-bond donors (Lipinski definition) is 1. The molecule has 0 aliphatic rings. The van der Waals surface area contributed by atoms with Crippen molar-refractivity contribution in [1.82, 2.24) is 14.8 Å². The van der Waals surface area contributed by atoms with Crippen molar-refractivity contribution in [1.29, 1.82) is 0 Å². The first-order chi connectivity index (χ1) is 13.5. The van der Waals surface area contributed by atoms with Crippen LogP contribution in [0.5, 0.6) is 0 Å². The van der Waals surface area contributed by atoms with Gasteiger partial charge in [0.25, 0.3) is 0 Å². The second-order valence-corrected chi connectivity index (χ2v) is 7.10. The van der Waals surface area contributed by atoms with Crippen LogP contribution in [-0.4, -0.2) is 39.5 Å². The summed E-state index contributed by atoms with van der Waals surface area (Å²) in [5, 5.41) is 12.0. The average molecular weight is 417 g/mol. The molecule has 0 saturated carbocycles. The van der Waals surface area contributed by atoms with E-state index in [0.29, 0.717) is 10.8 Å². The van der Waals surface area contributed by atoms with Gasteiger partial charge in [-0.25, -0.2) is 4.79 Å². The zero-order valence-corrected chi connectivity index (χ0v) is 16.8. The molecule has 1 aromatic heterocycles. The van der Waals surface area contributed by atoms with Crippen molar-refractivity contribution in [3.8, 4) is 11.4 Å². The van der Waals surface area contributed by atoms with Crippen LogP contribution in [0.15, 0.2) is 53.7 Å². The number of rotatable bonds is 6. The Bertz CT molecular complexity index is 1010. The van der Waals surface area contributed by atoms with Crippen molar-refractivity contribution < 1.29 is 14.3 Å². The van der Waals surface area contributed by atoms with Crippen LogP contribution in [-0.2, 0) is 16.6 Å². The highest BCUT2D eigenvalue weighted by atomic mass is 35.5. The molecule has 144 valence electrons. The van der Waals surface area contributed by atoms with E-state index in [2.05, 4.69) is 20.3 Å². The molecule has 1 heterocycles.